The van der Waals surface area contributed by atoms with Gasteiger partial charge in [0, 0.05) is 23.7 Å². The second-order valence-corrected chi connectivity index (χ2v) is 18.4. The van der Waals surface area contributed by atoms with Crippen LogP contribution in [0.2, 0.25) is 0 Å². The molecule has 22 nitrogen and oxygen atoms in total. The molecule has 0 aromatic carbocycles. The van der Waals surface area contributed by atoms with Gasteiger partial charge in [-0.25, -0.2) is 0 Å². The van der Waals surface area contributed by atoms with Crippen LogP contribution in [-0.2, 0) is 38.9 Å². The fraction of sp³-hybridized carbons (Fsp3) is 0.750. The van der Waals surface area contributed by atoms with Gasteiger partial charge in [0.2, 0.25) is 0 Å². The van der Waals surface area contributed by atoms with Crippen LogP contribution in [-0.4, -0.2) is 43.7 Å². The average Bonchev–Trinajstić information content (AvgIpc) is 3.29. The first-order chi connectivity index (χ1) is 32.9. The maximum Gasteiger partial charge on any atom is 0.190 e. The van der Waals surface area contributed by atoms with Crippen molar-refractivity contribution in [3.63, 3.8) is 0 Å². The van der Waals surface area contributed by atoms with Crippen LogP contribution in [0, 0.1) is 99.4 Å². The second kappa shape index (κ2) is 51.1. The van der Waals surface area contributed by atoms with E-state index >= 15 is 0 Å². The molecule has 1 aliphatic rings. The maximum atomic E-state index is 9.99. The Bertz CT molecular complexity index is 1390. The highest BCUT2D eigenvalue weighted by Gasteiger charge is 2.33. The summed E-state index contributed by atoms with van der Waals surface area (Å²) in [6, 6.07) is 0. The largest absolute Gasteiger partial charge is 0.364 e. The van der Waals surface area contributed by atoms with Crippen molar-refractivity contribution < 1.29 is 38.9 Å². The molecule has 0 bridgehead atoms. The molecule has 0 heterocycles. The van der Waals surface area contributed by atoms with Gasteiger partial charge in [-0.15, -0.1) is 47.5 Å². The molecule has 7 unspecified atom stereocenters. The minimum atomic E-state index is -0.440. The Morgan fingerprint density at radius 1 is 0.543 bits per heavy atom. The highest BCUT2D eigenvalue weighted by molar-refractivity contribution is 5.16. The van der Waals surface area contributed by atoms with Gasteiger partial charge in [-0.1, -0.05) is 147 Å². The first kappa shape index (κ1) is 75.7. The van der Waals surface area contributed by atoms with E-state index in [1.807, 2.05) is 113 Å². The van der Waals surface area contributed by atoms with E-state index in [1.54, 1.807) is 24.3 Å². The molecule has 0 N–H and O–H groups in total. The number of nitrogens with zero attached hydrogens (tertiary/aromatic N) is 7. The first-order valence-electron chi connectivity index (χ1n) is 23.2. The van der Waals surface area contributed by atoms with E-state index in [4.69, 9.17) is 4.84 Å². The Kier molecular flexibility index (Phi) is 55.2. The van der Waals surface area contributed by atoms with Crippen LogP contribution in [0.5, 0.6) is 0 Å². The van der Waals surface area contributed by atoms with Crippen molar-refractivity contribution in [3.8, 4) is 0 Å². The van der Waals surface area contributed by atoms with E-state index in [0.717, 1.165) is 6.42 Å². The van der Waals surface area contributed by atoms with Crippen LogP contribution in [0.25, 0.3) is 0 Å². The van der Waals surface area contributed by atoms with Gasteiger partial charge >= 0.3 is 0 Å². The summed E-state index contributed by atoms with van der Waals surface area (Å²) in [7, 11) is 0. The molecule has 1 rings (SSSR count). The van der Waals surface area contributed by atoms with E-state index < -0.39 is 5.60 Å². The highest BCUT2D eigenvalue weighted by atomic mass is 17.3. The number of hydrogen-bond acceptors (Lipinski definition) is 22. The molecule has 0 amide bonds. The van der Waals surface area contributed by atoms with Crippen molar-refractivity contribution >= 4 is 0 Å². The zero-order chi connectivity index (χ0) is 55.7. The van der Waals surface area contributed by atoms with Crippen molar-refractivity contribution in [1.29, 1.82) is 0 Å². The van der Waals surface area contributed by atoms with Gasteiger partial charge in [0.25, 0.3) is 0 Å². The van der Waals surface area contributed by atoms with E-state index in [-0.39, 0.29) is 42.0 Å². The van der Waals surface area contributed by atoms with Crippen LogP contribution in [0.3, 0.4) is 0 Å². The summed E-state index contributed by atoms with van der Waals surface area (Å²) in [4.78, 5) is 102. The monoisotopic (exact) mass is 1000 g/mol. The predicted octanol–water partition coefficient (Wildman–Crippen LogP) is 14.9. The smallest absolute Gasteiger partial charge is 0.190 e. The molecule has 406 valence electrons. The average molecular weight is 1000 g/mol. The number of hydrogen-bond donors (Lipinski definition) is 0. The third-order valence-corrected chi connectivity index (χ3v) is 9.77. The lowest BCUT2D eigenvalue weighted by Crippen LogP contribution is -2.35. The minimum absolute atomic E-state index is 0.0835. The van der Waals surface area contributed by atoms with Crippen molar-refractivity contribution in [2.75, 3.05) is 19.8 Å². The van der Waals surface area contributed by atoms with Crippen LogP contribution >= 0.6 is 0 Å². The maximum absolute atomic E-state index is 9.99. The molecule has 0 spiro atoms. The summed E-state index contributed by atoms with van der Waals surface area (Å²) in [6.45, 7) is 49.6. The molecule has 0 fully saturated rings. The van der Waals surface area contributed by atoms with E-state index in [0.29, 0.717) is 61.2 Å². The molecule has 0 aromatic heterocycles. The van der Waals surface area contributed by atoms with Crippen molar-refractivity contribution in [3.05, 3.63) is 109 Å². The van der Waals surface area contributed by atoms with Gasteiger partial charge in [-0.2, -0.15) is 9.88 Å². The minimum Gasteiger partial charge on any atom is -0.364 e. The van der Waals surface area contributed by atoms with Crippen LogP contribution in [0.1, 0.15) is 124 Å². The zero-order valence-corrected chi connectivity index (χ0v) is 45.1. The Balaban J connectivity index is -0.000000172. The summed E-state index contributed by atoms with van der Waals surface area (Å²) in [6.07, 6.45) is 14.6. The third-order valence-electron chi connectivity index (χ3n) is 9.77. The Hall–Kier alpha value is -5.80. The van der Waals surface area contributed by atoms with Crippen LogP contribution in [0.15, 0.2) is 112 Å². The third kappa shape index (κ3) is 46.0. The number of rotatable bonds is 30. The molecule has 0 aliphatic heterocycles. The zero-order valence-electron chi connectivity index (χ0n) is 45.1. The summed E-state index contributed by atoms with van der Waals surface area (Å²) >= 11 is 0. The van der Waals surface area contributed by atoms with Gasteiger partial charge < -0.3 is 29.0 Å². The van der Waals surface area contributed by atoms with Crippen LogP contribution < -0.4 is 0 Å². The van der Waals surface area contributed by atoms with E-state index in [1.165, 1.54) is 0 Å². The van der Waals surface area contributed by atoms with Crippen LogP contribution in [0.4, 0.5) is 0 Å². The fourth-order valence-electron chi connectivity index (χ4n) is 5.90. The van der Waals surface area contributed by atoms with Crippen molar-refractivity contribution in [2.24, 2.45) is 102 Å². The van der Waals surface area contributed by atoms with Gasteiger partial charge in [0.1, 0.15) is 18.8 Å². The SMILES string of the molecule is C=CC(CON=O)C(C)C.C=CC(ON=O)C(C)C.C=CC(ON=O)C(C=C)C(C)C.CC(C)C1C=CC=CC1ON=O.CC(C)CON=O.CC(C)COON=O.CCC(C(C)C)C(C)(C)ON=O. The number of allylic oxidation sites excluding steroid dienone is 2. The van der Waals surface area contributed by atoms with Gasteiger partial charge in [0.05, 0.1) is 6.61 Å². The molecule has 70 heavy (non-hydrogen) atoms. The van der Waals surface area contributed by atoms with E-state index in [2.05, 4.69) is 127 Å². The predicted molar refractivity (Wildman–Crippen MR) is 276 cm³/mol. The molecule has 0 radical (unpaired) electrons. The van der Waals surface area contributed by atoms with Gasteiger partial charge in [-0.05, 0) is 79.9 Å². The molecule has 7 atom stereocenters. The normalized spacial score (nSPS) is 15.2. The second-order valence-electron chi connectivity index (χ2n) is 18.4. The van der Waals surface area contributed by atoms with Crippen molar-refractivity contribution in [1.82, 2.24) is 0 Å². The lowest BCUT2D eigenvalue weighted by molar-refractivity contribution is -0.302. The topological polar surface area (TPSA) is 280 Å². The lowest BCUT2D eigenvalue weighted by Gasteiger charge is -2.32. The Morgan fingerprint density at radius 3 is 1.34 bits per heavy atom. The molecular weight excluding hydrogens is 915 g/mol. The molecule has 0 saturated heterocycles. The molecule has 22 heteroatoms. The lowest BCUT2D eigenvalue weighted by atomic mass is 9.80. The molecule has 0 aromatic rings. The fourth-order valence-corrected chi connectivity index (χ4v) is 5.90. The Morgan fingerprint density at radius 2 is 1.04 bits per heavy atom. The molecule has 0 saturated carbocycles. The Labute approximate surface area is 417 Å². The summed E-state index contributed by atoms with van der Waals surface area (Å²) in [5, 5.41) is 16.2. The highest BCUT2D eigenvalue weighted by Crippen LogP contribution is 2.31. The van der Waals surface area contributed by atoms with Gasteiger partial charge in [0.15, 0.2) is 55.7 Å². The summed E-state index contributed by atoms with van der Waals surface area (Å²) in [5.74, 6) is 3.69. The van der Waals surface area contributed by atoms with Gasteiger partial charge in [-0.3, -0.25) is 0 Å². The first-order valence-corrected chi connectivity index (χ1v) is 23.2. The van der Waals surface area contributed by atoms with E-state index in [9.17, 15) is 34.3 Å². The standard InChI is InChI=1S/C9H13NO2.C9H19NO2.C9H15NO2.C7H13NO2.C6H11NO2.C4H9NO3.C4H9NO2/c1-7(2)8-5-3-4-6-9(8)12-10-11;1-6-8(7(2)3)9(4,5)12-10-11;1-5-8(7(3)4)9(6-2)12-10-11;1-4-7(6(2)3)5-10-8-9;1-4-6(5(2)3)9-7-8;1-4(2)3-7-8-5-6;1-4(2)3-7-5-6/h3-9H,1-2H3;7-8H,6H2,1-5H3;5-9H,1-2H2,3-4H3;4,6-7H,1,5H2,2-3H3;4-6H,1H2,2-3H3;4H,3H2,1-2H3;4H,3H2,1-2H3. The summed E-state index contributed by atoms with van der Waals surface area (Å²) < 4.78 is 0. The van der Waals surface area contributed by atoms with Crippen molar-refractivity contribution in [2.45, 2.75) is 148 Å². The molecule has 1 aliphatic carbocycles. The molecular formula is C48H89N7O15. The quantitative estimate of drug-likeness (QED) is 0.0212. The summed E-state index contributed by atoms with van der Waals surface area (Å²) in [5.41, 5.74) is -0.440.